The van der Waals surface area contributed by atoms with Crippen LogP contribution in [0.15, 0.2) is 18.2 Å². The van der Waals surface area contributed by atoms with Crippen molar-refractivity contribution in [3.8, 4) is 0 Å². The van der Waals surface area contributed by atoms with E-state index < -0.39 is 0 Å². The number of hydrogen-bond acceptors (Lipinski definition) is 3. The number of nitrogens with zero attached hydrogens (tertiary/aromatic N) is 1. The van der Waals surface area contributed by atoms with Gasteiger partial charge in [0.25, 0.3) is 0 Å². The molecule has 1 aromatic rings. The topological polar surface area (TPSA) is 52.6 Å². The Bertz CT molecular complexity index is 472. The quantitative estimate of drug-likeness (QED) is 0.810. The number of benzene rings is 1. The Labute approximate surface area is 128 Å². The molecule has 0 heterocycles. The SMILES string of the molecule is Cc1ccc(C(C)NC(=O)CN(C)CCC(C)O)cc1C. The molecule has 4 nitrogen and oxygen atoms in total. The lowest BCUT2D eigenvalue weighted by atomic mass is 10.0. The zero-order valence-corrected chi connectivity index (χ0v) is 13.8. The molecule has 0 radical (unpaired) electrons. The standard InChI is InChI=1S/C17H28N2O2/c1-12-6-7-16(10-13(12)2)15(4)18-17(21)11-19(5)9-8-14(3)20/h6-7,10,14-15,20H,8-9,11H2,1-5H3,(H,18,21). The minimum atomic E-state index is -0.329. The summed E-state index contributed by atoms with van der Waals surface area (Å²) in [5.74, 6) is 0.00817. The van der Waals surface area contributed by atoms with E-state index in [1.54, 1.807) is 6.92 Å². The lowest BCUT2D eigenvalue weighted by Gasteiger charge is -2.20. The van der Waals surface area contributed by atoms with Crippen LogP contribution in [0.3, 0.4) is 0 Å². The molecule has 0 aliphatic heterocycles. The maximum Gasteiger partial charge on any atom is 0.234 e. The van der Waals surface area contributed by atoms with E-state index >= 15 is 0 Å². The fourth-order valence-corrected chi connectivity index (χ4v) is 2.14. The van der Waals surface area contributed by atoms with E-state index in [9.17, 15) is 9.90 Å². The molecule has 0 fully saturated rings. The van der Waals surface area contributed by atoms with Crippen LogP contribution in [-0.2, 0) is 4.79 Å². The first kappa shape index (κ1) is 17.7. The van der Waals surface area contributed by atoms with Crippen molar-refractivity contribution in [1.82, 2.24) is 10.2 Å². The van der Waals surface area contributed by atoms with Crippen LogP contribution >= 0.6 is 0 Å². The Morgan fingerprint density at radius 1 is 1.29 bits per heavy atom. The molecule has 1 amide bonds. The highest BCUT2D eigenvalue weighted by atomic mass is 16.3. The van der Waals surface area contributed by atoms with Crippen molar-refractivity contribution in [1.29, 1.82) is 0 Å². The van der Waals surface area contributed by atoms with Crippen LogP contribution in [0.4, 0.5) is 0 Å². The molecule has 0 spiro atoms. The Balaban J connectivity index is 2.48. The van der Waals surface area contributed by atoms with E-state index in [0.717, 1.165) is 5.56 Å². The summed E-state index contributed by atoms with van der Waals surface area (Å²) in [4.78, 5) is 13.9. The van der Waals surface area contributed by atoms with Gasteiger partial charge in [-0.2, -0.15) is 0 Å². The molecule has 2 atom stereocenters. The van der Waals surface area contributed by atoms with E-state index in [0.29, 0.717) is 19.5 Å². The normalized spacial score (nSPS) is 14.0. The van der Waals surface area contributed by atoms with Gasteiger partial charge in [-0.3, -0.25) is 9.69 Å². The molecule has 0 aromatic heterocycles. The maximum atomic E-state index is 12.0. The summed E-state index contributed by atoms with van der Waals surface area (Å²) in [6.07, 6.45) is 0.348. The van der Waals surface area contributed by atoms with E-state index in [4.69, 9.17) is 0 Å². The maximum absolute atomic E-state index is 12.0. The molecule has 1 rings (SSSR count). The average molecular weight is 292 g/mol. The van der Waals surface area contributed by atoms with E-state index in [-0.39, 0.29) is 18.1 Å². The number of carbonyl (C=O) groups is 1. The minimum absolute atomic E-state index is 0.00182. The molecular formula is C17H28N2O2. The van der Waals surface area contributed by atoms with Gasteiger partial charge in [0, 0.05) is 6.54 Å². The summed E-state index contributed by atoms with van der Waals surface area (Å²) in [5.41, 5.74) is 3.62. The second kappa shape index (κ2) is 8.15. The Morgan fingerprint density at radius 3 is 2.52 bits per heavy atom. The predicted octanol–water partition coefficient (Wildman–Crippen LogP) is 2.18. The van der Waals surface area contributed by atoms with Crippen LogP contribution in [-0.4, -0.2) is 42.2 Å². The zero-order chi connectivity index (χ0) is 16.0. The van der Waals surface area contributed by atoms with E-state index in [1.165, 1.54) is 11.1 Å². The fraction of sp³-hybridized carbons (Fsp3) is 0.588. The van der Waals surface area contributed by atoms with Crippen molar-refractivity contribution in [2.45, 2.75) is 46.3 Å². The molecule has 118 valence electrons. The van der Waals surface area contributed by atoms with Gasteiger partial charge in [0.05, 0.1) is 18.7 Å². The summed E-state index contributed by atoms with van der Waals surface area (Å²) >= 11 is 0. The minimum Gasteiger partial charge on any atom is -0.393 e. The van der Waals surface area contributed by atoms with E-state index in [2.05, 4.69) is 37.4 Å². The number of aryl methyl sites for hydroxylation is 2. The third-order valence-corrected chi connectivity index (χ3v) is 3.75. The summed E-state index contributed by atoms with van der Waals surface area (Å²) in [6, 6.07) is 6.27. The van der Waals surface area contributed by atoms with Crippen LogP contribution in [0.2, 0.25) is 0 Å². The number of rotatable bonds is 7. The fourth-order valence-electron chi connectivity index (χ4n) is 2.14. The number of aliphatic hydroxyl groups excluding tert-OH is 1. The number of likely N-dealkylation sites (N-methyl/N-ethyl adjacent to an activating group) is 1. The van der Waals surface area contributed by atoms with Gasteiger partial charge in [0.15, 0.2) is 0 Å². The van der Waals surface area contributed by atoms with Gasteiger partial charge in [0.1, 0.15) is 0 Å². The van der Waals surface area contributed by atoms with Crippen molar-refractivity contribution in [2.24, 2.45) is 0 Å². The van der Waals surface area contributed by atoms with Crippen molar-refractivity contribution >= 4 is 5.91 Å². The second-order valence-corrected chi connectivity index (χ2v) is 6.01. The molecule has 2 N–H and O–H groups in total. The highest BCUT2D eigenvalue weighted by Gasteiger charge is 2.12. The van der Waals surface area contributed by atoms with Crippen molar-refractivity contribution in [2.75, 3.05) is 20.1 Å². The number of amides is 1. The monoisotopic (exact) mass is 292 g/mol. The first-order valence-corrected chi connectivity index (χ1v) is 7.52. The molecule has 0 saturated heterocycles. The Morgan fingerprint density at radius 2 is 1.95 bits per heavy atom. The average Bonchev–Trinajstić information content (AvgIpc) is 2.39. The predicted molar refractivity (Wildman–Crippen MR) is 86.3 cm³/mol. The highest BCUT2D eigenvalue weighted by Crippen LogP contribution is 2.16. The third-order valence-electron chi connectivity index (χ3n) is 3.75. The van der Waals surface area contributed by atoms with Crippen LogP contribution in [0, 0.1) is 13.8 Å². The van der Waals surface area contributed by atoms with Crippen molar-refractivity contribution in [3.05, 3.63) is 34.9 Å². The highest BCUT2D eigenvalue weighted by molar-refractivity contribution is 5.78. The Hall–Kier alpha value is -1.39. The summed E-state index contributed by atoms with van der Waals surface area (Å²) in [6.45, 7) is 8.98. The molecule has 4 heteroatoms. The van der Waals surface area contributed by atoms with Crippen molar-refractivity contribution in [3.63, 3.8) is 0 Å². The van der Waals surface area contributed by atoms with Gasteiger partial charge in [-0.05, 0) is 57.9 Å². The number of nitrogens with one attached hydrogen (secondary N) is 1. The molecule has 0 saturated carbocycles. The van der Waals surface area contributed by atoms with Crippen LogP contribution < -0.4 is 5.32 Å². The first-order valence-electron chi connectivity index (χ1n) is 7.52. The largest absolute Gasteiger partial charge is 0.393 e. The third kappa shape index (κ3) is 6.27. The summed E-state index contributed by atoms with van der Waals surface area (Å²) in [7, 11) is 1.89. The van der Waals surface area contributed by atoms with Crippen LogP contribution in [0.25, 0.3) is 0 Å². The van der Waals surface area contributed by atoms with Gasteiger partial charge < -0.3 is 10.4 Å². The van der Waals surface area contributed by atoms with Crippen LogP contribution in [0.1, 0.15) is 43.0 Å². The van der Waals surface area contributed by atoms with Crippen molar-refractivity contribution < 1.29 is 9.90 Å². The lowest BCUT2D eigenvalue weighted by molar-refractivity contribution is -0.122. The van der Waals surface area contributed by atoms with Gasteiger partial charge in [0.2, 0.25) is 5.91 Å². The molecule has 0 bridgehead atoms. The number of aliphatic hydroxyl groups is 1. The summed E-state index contributed by atoms with van der Waals surface area (Å²) in [5, 5.41) is 12.3. The van der Waals surface area contributed by atoms with Crippen LogP contribution in [0.5, 0.6) is 0 Å². The molecule has 21 heavy (non-hydrogen) atoms. The van der Waals surface area contributed by atoms with Gasteiger partial charge >= 0.3 is 0 Å². The molecule has 2 unspecified atom stereocenters. The van der Waals surface area contributed by atoms with Gasteiger partial charge in [-0.1, -0.05) is 18.2 Å². The summed E-state index contributed by atoms with van der Waals surface area (Å²) < 4.78 is 0. The zero-order valence-electron chi connectivity index (χ0n) is 13.8. The smallest absolute Gasteiger partial charge is 0.234 e. The molecular weight excluding hydrogens is 264 g/mol. The number of hydrogen-bond donors (Lipinski definition) is 2. The van der Waals surface area contributed by atoms with Gasteiger partial charge in [-0.25, -0.2) is 0 Å². The lowest BCUT2D eigenvalue weighted by Crippen LogP contribution is -2.37. The Kier molecular flexibility index (Phi) is 6.85. The molecule has 0 aliphatic rings. The molecule has 0 aliphatic carbocycles. The van der Waals surface area contributed by atoms with E-state index in [1.807, 2.05) is 18.9 Å². The first-order chi connectivity index (χ1) is 9.79. The second-order valence-electron chi connectivity index (χ2n) is 6.01. The van der Waals surface area contributed by atoms with Gasteiger partial charge in [-0.15, -0.1) is 0 Å². The molecule has 1 aromatic carbocycles. The number of carbonyl (C=O) groups excluding carboxylic acids is 1.